The summed E-state index contributed by atoms with van der Waals surface area (Å²) in [5.41, 5.74) is 6.24. The van der Waals surface area contributed by atoms with Gasteiger partial charge in [0.1, 0.15) is 0 Å². The summed E-state index contributed by atoms with van der Waals surface area (Å²) in [6.45, 7) is 12.5. The Hall–Kier alpha value is -0.830. The molecule has 0 aromatic carbocycles. The normalized spacial score (nSPS) is 11.1. The second-order valence-electron chi connectivity index (χ2n) is 4.47. The van der Waals surface area contributed by atoms with Gasteiger partial charge in [-0.15, -0.1) is 0 Å². The number of hydrogen-bond donors (Lipinski definition) is 2. The first-order chi connectivity index (χ1) is 5.83. The van der Waals surface area contributed by atoms with E-state index in [4.69, 9.17) is 0 Å². The summed E-state index contributed by atoms with van der Waals surface area (Å²) >= 11 is 0. The molecule has 0 aliphatic carbocycles. The van der Waals surface area contributed by atoms with Gasteiger partial charge in [0, 0.05) is 12.1 Å². The zero-order valence-electron chi connectivity index (χ0n) is 9.03. The fourth-order valence-electron chi connectivity index (χ4n) is 0.687. The summed E-state index contributed by atoms with van der Waals surface area (Å²) in [5, 5.41) is 0. The second-order valence-corrected chi connectivity index (χ2v) is 4.47. The number of carbonyl (C=O) groups is 1. The van der Waals surface area contributed by atoms with Crippen LogP contribution in [0.2, 0.25) is 0 Å². The summed E-state index contributed by atoms with van der Waals surface area (Å²) in [5.74, 6) is -0.145. The number of amides is 1. The van der Waals surface area contributed by atoms with Crippen LogP contribution in [0.15, 0.2) is 12.2 Å². The maximum absolute atomic E-state index is 11.0. The number of hydrogen-bond acceptors (Lipinski definition) is 2. The van der Waals surface area contributed by atoms with Gasteiger partial charge in [0.2, 0.25) is 0 Å². The Bertz CT molecular complexity index is 192. The minimum absolute atomic E-state index is 0.145. The highest BCUT2D eigenvalue weighted by Gasteiger charge is 2.09. The maximum Gasteiger partial charge on any atom is 0.260 e. The molecule has 0 aromatic heterocycles. The van der Waals surface area contributed by atoms with Crippen molar-refractivity contribution in [3.8, 4) is 0 Å². The summed E-state index contributed by atoms with van der Waals surface area (Å²) in [7, 11) is 0. The molecule has 0 spiro atoms. The first-order valence-corrected chi connectivity index (χ1v) is 4.51. The molecule has 0 fully saturated rings. The third kappa shape index (κ3) is 7.53. The van der Waals surface area contributed by atoms with Crippen LogP contribution < -0.4 is 10.9 Å². The van der Waals surface area contributed by atoms with E-state index in [-0.39, 0.29) is 5.91 Å². The highest BCUT2D eigenvalue weighted by molar-refractivity contribution is 5.91. The van der Waals surface area contributed by atoms with Crippen molar-refractivity contribution in [3.63, 3.8) is 0 Å². The van der Waals surface area contributed by atoms with Gasteiger partial charge in [-0.3, -0.25) is 10.2 Å². The van der Waals surface area contributed by atoms with Crippen molar-refractivity contribution in [1.82, 2.24) is 10.9 Å². The van der Waals surface area contributed by atoms with E-state index in [0.717, 1.165) is 13.0 Å². The maximum atomic E-state index is 11.0. The van der Waals surface area contributed by atoms with Crippen molar-refractivity contribution in [2.24, 2.45) is 5.41 Å². The van der Waals surface area contributed by atoms with Crippen LogP contribution in [0.3, 0.4) is 0 Å². The van der Waals surface area contributed by atoms with E-state index in [0.29, 0.717) is 11.0 Å². The van der Waals surface area contributed by atoms with Crippen molar-refractivity contribution < 1.29 is 4.79 Å². The number of nitrogens with one attached hydrogen (secondary N) is 2. The van der Waals surface area contributed by atoms with Gasteiger partial charge in [-0.1, -0.05) is 27.4 Å². The smallest absolute Gasteiger partial charge is 0.260 e. The van der Waals surface area contributed by atoms with Gasteiger partial charge in [0.15, 0.2) is 0 Å². The molecule has 2 N–H and O–H groups in total. The molecule has 76 valence electrons. The zero-order valence-corrected chi connectivity index (χ0v) is 9.03. The van der Waals surface area contributed by atoms with E-state index in [1.165, 1.54) is 0 Å². The Kier molecular flexibility index (Phi) is 4.70. The van der Waals surface area contributed by atoms with Crippen molar-refractivity contribution in [2.45, 2.75) is 34.1 Å². The van der Waals surface area contributed by atoms with Crippen LogP contribution in [0.4, 0.5) is 0 Å². The van der Waals surface area contributed by atoms with Crippen LogP contribution in [0, 0.1) is 5.41 Å². The van der Waals surface area contributed by atoms with E-state index in [1.807, 2.05) is 0 Å². The lowest BCUT2D eigenvalue weighted by atomic mass is 9.93. The molecule has 0 bridgehead atoms. The number of hydrazine groups is 1. The highest BCUT2D eigenvalue weighted by atomic mass is 16.2. The molecular weight excluding hydrogens is 164 g/mol. The molecule has 0 atom stereocenters. The lowest BCUT2D eigenvalue weighted by Crippen LogP contribution is -2.39. The SMILES string of the molecule is C=C(C)C(=O)NNCCC(C)(C)C. The first kappa shape index (κ1) is 12.2. The van der Waals surface area contributed by atoms with E-state index in [9.17, 15) is 4.79 Å². The second kappa shape index (κ2) is 5.02. The molecule has 0 radical (unpaired) electrons. The van der Waals surface area contributed by atoms with Crippen LogP contribution >= 0.6 is 0 Å². The van der Waals surface area contributed by atoms with Crippen LogP contribution in [-0.2, 0) is 4.79 Å². The molecule has 0 aromatic rings. The minimum atomic E-state index is -0.145. The Morgan fingerprint density at radius 1 is 1.38 bits per heavy atom. The standard InChI is InChI=1S/C10H20N2O/c1-8(2)9(13)12-11-7-6-10(3,4)5/h11H,1,6-7H2,2-5H3,(H,12,13). The lowest BCUT2D eigenvalue weighted by Gasteiger charge is -2.18. The fourth-order valence-corrected chi connectivity index (χ4v) is 0.687. The monoisotopic (exact) mass is 184 g/mol. The van der Waals surface area contributed by atoms with Crippen molar-refractivity contribution in [3.05, 3.63) is 12.2 Å². The Balaban J connectivity index is 3.47. The molecule has 0 aliphatic rings. The van der Waals surface area contributed by atoms with Gasteiger partial charge in [0.25, 0.3) is 5.91 Å². The molecule has 0 saturated heterocycles. The molecule has 3 nitrogen and oxygen atoms in total. The fraction of sp³-hybridized carbons (Fsp3) is 0.700. The molecule has 0 heterocycles. The predicted molar refractivity (Wildman–Crippen MR) is 55.0 cm³/mol. The van der Waals surface area contributed by atoms with E-state index >= 15 is 0 Å². The Labute approximate surface area is 80.6 Å². The highest BCUT2D eigenvalue weighted by Crippen LogP contribution is 2.16. The van der Waals surface area contributed by atoms with Gasteiger partial charge in [-0.2, -0.15) is 0 Å². The van der Waals surface area contributed by atoms with E-state index in [1.54, 1.807) is 6.92 Å². The van der Waals surface area contributed by atoms with E-state index < -0.39 is 0 Å². The van der Waals surface area contributed by atoms with Crippen LogP contribution in [0.1, 0.15) is 34.1 Å². The van der Waals surface area contributed by atoms with Crippen molar-refractivity contribution in [2.75, 3.05) is 6.54 Å². The molecule has 0 saturated carbocycles. The average molecular weight is 184 g/mol. The van der Waals surface area contributed by atoms with Crippen molar-refractivity contribution >= 4 is 5.91 Å². The summed E-state index contributed by atoms with van der Waals surface area (Å²) in [6, 6.07) is 0. The van der Waals surface area contributed by atoms with Crippen molar-refractivity contribution in [1.29, 1.82) is 0 Å². The van der Waals surface area contributed by atoms with Gasteiger partial charge >= 0.3 is 0 Å². The molecular formula is C10H20N2O. The molecule has 13 heavy (non-hydrogen) atoms. The quantitative estimate of drug-likeness (QED) is 0.396. The minimum Gasteiger partial charge on any atom is -0.288 e. The molecule has 0 unspecified atom stereocenters. The largest absolute Gasteiger partial charge is 0.288 e. The Morgan fingerprint density at radius 2 is 1.92 bits per heavy atom. The van der Waals surface area contributed by atoms with Gasteiger partial charge < -0.3 is 0 Å². The topological polar surface area (TPSA) is 41.1 Å². The average Bonchev–Trinajstić information content (AvgIpc) is 1.95. The first-order valence-electron chi connectivity index (χ1n) is 4.51. The van der Waals surface area contributed by atoms with Gasteiger partial charge in [0.05, 0.1) is 0 Å². The van der Waals surface area contributed by atoms with Crippen LogP contribution in [0.25, 0.3) is 0 Å². The third-order valence-corrected chi connectivity index (χ3v) is 1.59. The predicted octanol–water partition coefficient (Wildman–Crippen LogP) is 1.62. The lowest BCUT2D eigenvalue weighted by molar-refractivity contribution is -0.118. The molecule has 0 rings (SSSR count). The Morgan fingerprint density at radius 3 is 2.31 bits per heavy atom. The molecule has 0 aliphatic heterocycles. The molecule has 3 heteroatoms. The van der Waals surface area contributed by atoms with Gasteiger partial charge in [-0.05, 0) is 18.8 Å². The van der Waals surface area contributed by atoms with Crippen LogP contribution in [0.5, 0.6) is 0 Å². The zero-order chi connectivity index (χ0) is 10.5. The summed E-state index contributed by atoms with van der Waals surface area (Å²) < 4.78 is 0. The third-order valence-electron chi connectivity index (χ3n) is 1.59. The van der Waals surface area contributed by atoms with Gasteiger partial charge in [-0.25, -0.2) is 5.43 Å². The number of rotatable bonds is 4. The van der Waals surface area contributed by atoms with Crippen LogP contribution in [-0.4, -0.2) is 12.5 Å². The summed E-state index contributed by atoms with van der Waals surface area (Å²) in [4.78, 5) is 11.0. The summed E-state index contributed by atoms with van der Waals surface area (Å²) in [6.07, 6.45) is 1.02. The van der Waals surface area contributed by atoms with E-state index in [2.05, 4.69) is 38.2 Å². The molecule has 1 amide bonds. The number of carbonyl (C=O) groups excluding carboxylic acids is 1.